The topological polar surface area (TPSA) is 58.3 Å². The lowest BCUT2D eigenvalue weighted by atomic mass is 10.1. The number of likely N-dealkylation sites (N-methyl/N-ethyl adjacent to an activating group) is 1. The lowest BCUT2D eigenvalue weighted by Gasteiger charge is -2.25. The first kappa shape index (κ1) is 18.9. The molecular formula is C21H20F2N6. The smallest absolute Gasteiger partial charge is 0.188 e. The maximum Gasteiger partial charge on any atom is 0.188 e. The van der Waals surface area contributed by atoms with Crippen molar-refractivity contribution < 1.29 is 8.78 Å². The maximum atomic E-state index is 14.2. The fourth-order valence-corrected chi connectivity index (χ4v) is 3.21. The van der Waals surface area contributed by atoms with Gasteiger partial charge in [0.2, 0.25) is 0 Å². The van der Waals surface area contributed by atoms with E-state index < -0.39 is 0 Å². The van der Waals surface area contributed by atoms with Crippen LogP contribution in [0.2, 0.25) is 0 Å². The molecule has 4 aromatic rings. The summed E-state index contributed by atoms with van der Waals surface area (Å²) in [5.41, 5.74) is 1.71. The highest BCUT2D eigenvalue weighted by Gasteiger charge is 2.16. The number of fused-ring (bicyclic) bond motifs is 1. The second kappa shape index (κ2) is 7.92. The standard InChI is InChI=1S/C21H20F2N6/c1-28(2)18(14-6-5-7-15(22)12-14)13-24-19-10-11-20-25-26-21(29(20)27-19)16-8-3-4-9-17(16)23/h3-12,18H,13H2,1-2H3,(H,24,27). The molecule has 1 atom stereocenters. The van der Waals surface area contributed by atoms with E-state index in [1.807, 2.05) is 25.1 Å². The molecule has 0 aliphatic rings. The summed E-state index contributed by atoms with van der Waals surface area (Å²) >= 11 is 0. The summed E-state index contributed by atoms with van der Waals surface area (Å²) in [4.78, 5) is 2.00. The van der Waals surface area contributed by atoms with Crippen LogP contribution in [-0.2, 0) is 0 Å². The average molecular weight is 394 g/mol. The fourth-order valence-electron chi connectivity index (χ4n) is 3.21. The van der Waals surface area contributed by atoms with E-state index in [1.54, 1.807) is 36.4 Å². The molecule has 0 saturated carbocycles. The molecule has 0 spiro atoms. The lowest BCUT2D eigenvalue weighted by molar-refractivity contribution is 0.311. The molecular weight excluding hydrogens is 374 g/mol. The summed E-state index contributed by atoms with van der Waals surface area (Å²) in [5, 5.41) is 15.9. The molecule has 0 aliphatic heterocycles. The molecule has 2 heterocycles. The summed E-state index contributed by atoms with van der Waals surface area (Å²) in [6.07, 6.45) is 0. The first-order valence-corrected chi connectivity index (χ1v) is 9.16. The van der Waals surface area contributed by atoms with Crippen LogP contribution < -0.4 is 5.32 Å². The molecule has 8 heteroatoms. The predicted octanol–water partition coefficient (Wildman–Crippen LogP) is 3.78. The minimum atomic E-state index is -0.388. The fraction of sp³-hybridized carbons (Fsp3) is 0.190. The molecule has 0 fully saturated rings. The van der Waals surface area contributed by atoms with Gasteiger partial charge in [0.25, 0.3) is 0 Å². The summed E-state index contributed by atoms with van der Waals surface area (Å²) in [6, 6.07) is 16.4. The Labute approximate surface area is 166 Å². The predicted molar refractivity (Wildman–Crippen MR) is 107 cm³/mol. The summed E-state index contributed by atoms with van der Waals surface area (Å²) in [6.45, 7) is 0.506. The zero-order valence-electron chi connectivity index (χ0n) is 16.0. The van der Waals surface area contributed by atoms with Crippen LogP contribution in [0.5, 0.6) is 0 Å². The first-order valence-electron chi connectivity index (χ1n) is 9.16. The first-order chi connectivity index (χ1) is 14.0. The Hall–Kier alpha value is -3.39. The molecule has 0 amide bonds. The van der Waals surface area contributed by atoms with Gasteiger partial charge >= 0.3 is 0 Å². The van der Waals surface area contributed by atoms with E-state index in [2.05, 4.69) is 20.6 Å². The van der Waals surface area contributed by atoms with Crippen molar-refractivity contribution in [3.8, 4) is 11.4 Å². The number of nitrogens with one attached hydrogen (secondary N) is 1. The highest BCUT2D eigenvalue weighted by Crippen LogP contribution is 2.23. The Bertz CT molecular complexity index is 1140. The Kier molecular flexibility index (Phi) is 5.18. The molecule has 29 heavy (non-hydrogen) atoms. The number of halogens is 2. The monoisotopic (exact) mass is 394 g/mol. The summed E-state index contributed by atoms with van der Waals surface area (Å²) < 4.78 is 29.3. The van der Waals surface area contributed by atoms with Gasteiger partial charge in [-0.25, -0.2) is 8.78 Å². The van der Waals surface area contributed by atoms with Gasteiger partial charge in [-0.15, -0.1) is 15.3 Å². The van der Waals surface area contributed by atoms with Crippen LogP contribution in [0.25, 0.3) is 17.0 Å². The zero-order chi connectivity index (χ0) is 20.4. The van der Waals surface area contributed by atoms with Gasteiger partial charge in [0.1, 0.15) is 17.5 Å². The highest BCUT2D eigenvalue weighted by molar-refractivity contribution is 5.60. The van der Waals surface area contributed by atoms with Crippen LogP contribution in [0, 0.1) is 11.6 Å². The molecule has 2 aromatic carbocycles. The molecule has 0 saturated heterocycles. The number of nitrogens with zero attached hydrogens (tertiary/aromatic N) is 5. The van der Waals surface area contributed by atoms with Gasteiger partial charge in [0.05, 0.1) is 11.6 Å². The number of hydrogen-bond acceptors (Lipinski definition) is 5. The van der Waals surface area contributed by atoms with Crippen molar-refractivity contribution in [2.75, 3.05) is 26.0 Å². The largest absolute Gasteiger partial charge is 0.367 e. The van der Waals surface area contributed by atoms with Crippen LogP contribution >= 0.6 is 0 Å². The normalized spacial score (nSPS) is 12.4. The van der Waals surface area contributed by atoms with Crippen LogP contribution in [0.15, 0.2) is 60.7 Å². The van der Waals surface area contributed by atoms with Crippen molar-refractivity contribution in [3.05, 3.63) is 77.9 Å². The van der Waals surface area contributed by atoms with Crippen molar-refractivity contribution in [2.45, 2.75) is 6.04 Å². The molecule has 0 aliphatic carbocycles. The number of rotatable bonds is 6. The Morgan fingerprint density at radius 2 is 1.83 bits per heavy atom. The van der Waals surface area contributed by atoms with E-state index in [9.17, 15) is 8.78 Å². The van der Waals surface area contributed by atoms with Gasteiger partial charge in [-0.05, 0) is 56.1 Å². The minimum Gasteiger partial charge on any atom is -0.367 e. The van der Waals surface area contributed by atoms with Gasteiger partial charge in [0.15, 0.2) is 11.5 Å². The van der Waals surface area contributed by atoms with E-state index in [0.29, 0.717) is 29.4 Å². The highest BCUT2D eigenvalue weighted by atomic mass is 19.1. The zero-order valence-corrected chi connectivity index (χ0v) is 16.0. The Morgan fingerprint density at radius 1 is 1.00 bits per heavy atom. The molecule has 1 unspecified atom stereocenters. The van der Waals surface area contributed by atoms with Gasteiger partial charge in [0, 0.05) is 6.54 Å². The second-order valence-electron chi connectivity index (χ2n) is 6.91. The molecule has 0 bridgehead atoms. The molecule has 6 nitrogen and oxygen atoms in total. The van der Waals surface area contributed by atoms with Crippen molar-refractivity contribution in [2.24, 2.45) is 0 Å². The molecule has 2 aromatic heterocycles. The molecule has 148 valence electrons. The van der Waals surface area contributed by atoms with Gasteiger partial charge in [-0.3, -0.25) is 0 Å². The molecule has 0 radical (unpaired) electrons. The Balaban J connectivity index is 1.61. The van der Waals surface area contributed by atoms with Crippen LogP contribution in [0.3, 0.4) is 0 Å². The number of anilines is 1. The maximum absolute atomic E-state index is 14.2. The van der Waals surface area contributed by atoms with Crippen molar-refractivity contribution in [3.63, 3.8) is 0 Å². The van der Waals surface area contributed by atoms with Gasteiger partial charge < -0.3 is 10.2 Å². The van der Waals surface area contributed by atoms with E-state index in [4.69, 9.17) is 0 Å². The lowest BCUT2D eigenvalue weighted by Crippen LogP contribution is -2.27. The minimum absolute atomic E-state index is 0.0600. The van der Waals surface area contributed by atoms with Crippen molar-refractivity contribution in [1.82, 2.24) is 24.7 Å². The van der Waals surface area contributed by atoms with Crippen molar-refractivity contribution in [1.29, 1.82) is 0 Å². The van der Waals surface area contributed by atoms with Crippen molar-refractivity contribution >= 4 is 11.5 Å². The third-order valence-corrected chi connectivity index (χ3v) is 4.71. The number of benzene rings is 2. The van der Waals surface area contributed by atoms with Crippen LogP contribution in [0.4, 0.5) is 14.6 Å². The molecule has 1 N–H and O–H groups in total. The third kappa shape index (κ3) is 3.93. The number of aromatic nitrogens is 4. The summed E-state index contributed by atoms with van der Waals surface area (Å²) in [7, 11) is 3.87. The second-order valence-corrected chi connectivity index (χ2v) is 6.91. The van der Waals surface area contributed by atoms with E-state index in [-0.39, 0.29) is 17.7 Å². The van der Waals surface area contributed by atoms with E-state index >= 15 is 0 Å². The molecule has 4 rings (SSSR count). The van der Waals surface area contributed by atoms with Gasteiger partial charge in [-0.2, -0.15) is 4.52 Å². The van der Waals surface area contributed by atoms with Gasteiger partial charge in [-0.1, -0.05) is 24.3 Å². The van der Waals surface area contributed by atoms with E-state index in [1.165, 1.54) is 22.7 Å². The SMILES string of the molecule is CN(C)C(CNc1ccc2nnc(-c3ccccc3F)n2n1)c1cccc(F)c1. The number of hydrogen-bond donors (Lipinski definition) is 1. The average Bonchev–Trinajstić information content (AvgIpc) is 3.11. The van der Waals surface area contributed by atoms with E-state index in [0.717, 1.165) is 5.56 Å². The Morgan fingerprint density at radius 3 is 2.59 bits per heavy atom. The summed E-state index contributed by atoms with van der Waals surface area (Å²) in [5.74, 6) is 0.253. The quantitative estimate of drug-likeness (QED) is 0.539. The third-order valence-electron chi connectivity index (χ3n) is 4.71. The van der Waals surface area contributed by atoms with Crippen LogP contribution in [0.1, 0.15) is 11.6 Å². The van der Waals surface area contributed by atoms with Crippen LogP contribution in [-0.4, -0.2) is 45.4 Å².